The van der Waals surface area contributed by atoms with E-state index in [1.54, 1.807) is 19.3 Å². The van der Waals surface area contributed by atoms with Gasteiger partial charge in [-0.1, -0.05) is 27.7 Å². The number of likely N-dealkylation sites (N-methyl/N-ethyl adjacent to an activating group) is 3. The molecule has 2 unspecified atom stereocenters. The third-order valence-corrected chi connectivity index (χ3v) is 3.55. The molecule has 1 aromatic rings. The summed E-state index contributed by atoms with van der Waals surface area (Å²) in [7, 11) is 6.26. The van der Waals surface area contributed by atoms with Crippen LogP contribution in [0, 0.1) is 0 Å². The second-order valence-corrected chi connectivity index (χ2v) is 6.75. The summed E-state index contributed by atoms with van der Waals surface area (Å²) in [6, 6.07) is 2.63. The van der Waals surface area contributed by atoms with Crippen molar-refractivity contribution >= 4 is 0 Å². The number of hydrogen-bond donors (Lipinski definition) is 3. The van der Waals surface area contributed by atoms with Crippen LogP contribution in [0.4, 0.5) is 0 Å². The van der Waals surface area contributed by atoms with E-state index in [4.69, 9.17) is 10.2 Å². The van der Waals surface area contributed by atoms with Crippen molar-refractivity contribution in [2.24, 2.45) is 0 Å². The molecule has 0 saturated carbocycles. The minimum Gasteiger partial charge on any atom is -0.664 e. The standard InChI is InChI=1S/C9H20N3.C5H10O2.C3H4N2.C3H8.CH4.Ru/c1-10-5-7-11(2)8-9-4-6-12(9)3;1-4(6)3-5(2)7;1-2-4-5-3-1;1-3-2;;/h9H,4-8H2,1-3H3;3-4,6-7H,1-2H3;1-3H,(H,4,5);3H2,1-2H3;1H4;/q-1;;;;;+3. The average molecular weight is 502 g/mol. The van der Waals surface area contributed by atoms with Crippen LogP contribution in [0.5, 0.6) is 0 Å². The van der Waals surface area contributed by atoms with Crippen molar-refractivity contribution in [3.05, 3.63) is 35.6 Å². The van der Waals surface area contributed by atoms with E-state index in [1.165, 1.54) is 38.9 Å². The van der Waals surface area contributed by atoms with Crippen molar-refractivity contribution in [1.29, 1.82) is 0 Å². The van der Waals surface area contributed by atoms with Gasteiger partial charge in [0.2, 0.25) is 0 Å². The smallest absolute Gasteiger partial charge is 0.664 e. The van der Waals surface area contributed by atoms with Crippen LogP contribution in [0.1, 0.15) is 48.0 Å². The number of aromatic amines is 1. The number of nitrogens with zero attached hydrogens (tertiary/aromatic N) is 4. The summed E-state index contributed by atoms with van der Waals surface area (Å²) < 4.78 is 0. The van der Waals surface area contributed by atoms with Crippen LogP contribution in [0.3, 0.4) is 0 Å². The summed E-state index contributed by atoms with van der Waals surface area (Å²) >= 11 is 0. The van der Waals surface area contributed by atoms with E-state index in [9.17, 15) is 0 Å². The van der Waals surface area contributed by atoms with Gasteiger partial charge < -0.3 is 25.3 Å². The second-order valence-electron chi connectivity index (χ2n) is 6.75. The number of H-pyrrole nitrogens is 1. The molecule has 2 atom stereocenters. The van der Waals surface area contributed by atoms with Gasteiger partial charge >= 0.3 is 19.5 Å². The Bertz CT molecular complexity index is 409. The Morgan fingerprint density at radius 1 is 1.45 bits per heavy atom. The Balaban J connectivity index is -0.000000158. The van der Waals surface area contributed by atoms with E-state index in [0.717, 1.165) is 19.1 Å². The maximum atomic E-state index is 8.49. The minimum atomic E-state index is -0.537. The Morgan fingerprint density at radius 3 is 2.24 bits per heavy atom. The Hall–Kier alpha value is -0.787. The van der Waals surface area contributed by atoms with Crippen LogP contribution in [0.15, 0.2) is 30.3 Å². The third-order valence-electron chi connectivity index (χ3n) is 3.55. The molecule has 3 N–H and O–H groups in total. The summed E-state index contributed by atoms with van der Waals surface area (Å²) in [5.74, 6) is 0.162. The van der Waals surface area contributed by atoms with Crippen LogP contribution in [0.2, 0.25) is 0 Å². The first kappa shape index (κ1) is 35.6. The first-order valence-electron chi connectivity index (χ1n) is 9.71. The summed E-state index contributed by atoms with van der Waals surface area (Å²) in [5, 5.41) is 27.2. The van der Waals surface area contributed by atoms with Gasteiger partial charge in [0, 0.05) is 25.0 Å². The fourth-order valence-electron chi connectivity index (χ4n) is 2.09. The fourth-order valence-corrected chi connectivity index (χ4v) is 2.09. The SMILES string of the molecule is C.CC(O)=CC(C)O.CCC.C[N-]CCN(C)CC1CCN1C.[Ru+3].c1cn[nH]c1. The van der Waals surface area contributed by atoms with Gasteiger partial charge in [-0.25, -0.2) is 0 Å². The number of hydrogen-bond acceptors (Lipinski definition) is 5. The van der Waals surface area contributed by atoms with Crippen LogP contribution >= 0.6 is 0 Å². The summed E-state index contributed by atoms with van der Waals surface area (Å²) in [4.78, 5) is 4.78. The number of aliphatic hydroxyl groups excluding tert-OH is 2. The molecule has 2 heterocycles. The van der Waals surface area contributed by atoms with E-state index < -0.39 is 6.10 Å². The zero-order valence-electron chi connectivity index (χ0n) is 18.7. The summed E-state index contributed by atoms with van der Waals surface area (Å²) in [5.41, 5.74) is 0. The monoisotopic (exact) mass is 502 g/mol. The van der Waals surface area contributed by atoms with Crippen molar-refractivity contribution in [2.45, 2.75) is 60.1 Å². The molecule has 0 amide bonds. The first-order chi connectivity index (χ1) is 12.8. The van der Waals surface area contributed by atoms with Gasteiger partial charge in [-0.15, -0.1) is 6.54 Å². The molecule has 29 heavy (non-hydrogen) atoms. The molecule has 1 aliphatic heterocycles. The maximum Gasteiger partial charge on any atom is 3.00 e. The molecule has 1 saturated heterocycles. The molecule has 1 radical (unpaired) electrons. The molecule has 0 aliphatic carbocycles. The van der Waals surface area contributed by atoms with Gasteiger partial charge in [-0.05, 0) is 59.6 Å². The van der Waals surface area contributed by atoms with Crippen LogP contribution in [-0.4, -0.2) is 89.7 Å². The molecule has 0 spiro atoms. The normalized spacial score (nSPS) is 16.2. The van der Waals surface area contributed by atoms with E-state index in [0.29, 0.717) is 0 Å². The van der Waals surface area contributed by atoms with Crippen LogP contribution in [-0.2, 0) is 19.5 Å². The van der Waals surface area contributed by atoms with Gasteiger partial charge in [0.15, 0.2) is 0 Å². The molecule has 7 nitrogen and oxygen atoms in total. The number of allylic oxidation sites excluding steroid dienone is 1. The van der Waals surface area contributed by atoms with Gasteiger partial charge in [-0.3, -0.25) is 5.10 Å². The Morgan fingerprint density at radius 2 is 2.03 bits per heavy atom. The molecule has 1 fully saturated rings. The molecule has 8 heteroatoms. The molecular weight excluding hydrogens is 455 g/mol. The number of rotatable bonds is 6. The largest absolute Gasteiger partial charge is 3.00 e. The first-order valence-corrected chi connectivity index (χ1v) is 9.71. The quantitative estimate of drug-likeness (QED) is 0.406. The molecular formula is C21H46N5O2Ru+2. The maximum absolute atomic E-state index is 8.49. The van der Waals surface area contributed by atoms with Crippen molar-refractivity contribution in [3.63, 3.8) is 0 Å². The topological polar surface area (TPSA) is 89.7 Å². The molecule has 0 bridgehead atoms. The predicted octanol–water partition coefficient (Wildman–Crippen LogP) is 3.91. The van der Waals surface area contributed by atoms with E-state index >= 15 is 0 Å². The Kier molecular flexibility index (Phi) is 31.0. The van der Waals surface area contributed by atoms with Gasteiger partial charge in [0.1, 0.15) is 0 Å². The van der Waals surface area contributed by atoms with Crippen LogP contribution < -0.4 is 0 Å². The number of aliphatic hydroxyl groups is 2. The van der Waals surface area contributed by atoms with Crippen molar-refractivity contribution < 1.29 is 29.7 Å². The summed E-state index contributed by atoms with van der Waals surface area (Å²) in [6.45, 7) is 11.9. The zero-order valence-corrected chi connectivity index (χ0v) is 20.5. The number of likely N-dealkylation sites (tertiary alicyclic amines) is 1. The van der Waals surface area contributed by atoms with E-state index in [1.807, 2.05) is 13.1 Å². The molecule has 0 aromatic carbocycles. The average Bonchev–Trinajstić information content (AvgIpc) is 3.16. The van der Waals surface area contributed by atoms with E-state index in [-0.39, 0.29) is 32.7 Å². The molecule has 2 rings (SSSR count). The predicted molar refractivity (Wildman–Crippen MR) is 122 cm³/mol. The third kappa shape index (κ3) is 27.2. The molecule has 1 aliphatic rings. The van der Waals surface area contributed by atoms with Gasteiger partial charge in [0.05, 0.1) is 11.9 Å². The molecule has 1 aromatic heterocycles. The zero-order chi connectivity index (χ0) is 21.1. The van der Waals surface area contributed by atoms with Gasteiger partial charge in [-0.2, -0.15) is 12.1 Å². The van der Waals surface area contributed by atoms with E-state index in [2.05, 4.69) is 53.3 Å². The van der Waals surface area contributed by atoms with Crippen molar-refractivity contribution in [3.8, 4) is 0 Å². The van der Waals surface area contributed by atoms with Crippen molar-refractivity contribution in [1.82, 2.24) is 20.0 Å². The number of nitrogens with one attached hydrogen (secondary N) is 1. The Labute approximate surface area is 192 Å². The van der Waals surface area contributed by atoms with Crippen LogP contribution in [0.25, 0.3) is 5.32 Å². The number of aromatic nitrogens is 2. The van der Waals surface area contributed by atoms with Crippen molar-refractivity contribution in [2.75, 3.05) is 47.3 Å². The minimum absolute atomic E-state index is 0. The summed E-state index contributed by atoms with van der Waals surface area (Å²) in [6.07, 6.45) is 6.90. The van der Waals surface area contributed by atoms with Gasteiger partial charge in [0.25, 0.3) is 0 Å². The fraction of sp³-hybridized carbons (Fsp3) is 0.762. The second kappa shape index (κ2) is 25.3. The molecule has 173 valence electrons.